The van der Waals surface area contributed by atoms with Gasteiger partial charge in [0.25, 0.3) is 5.91 Å². The fraction of sp³-hybridized carbons (Fsp3) is 0.231. The smallest absolute Gasteiger partial charge is 0.252 e. The monoisotopic (exact) mass is 415 g/mol. The highest BCUT2D eigenvalue weighted by molar-refractivity contribution is 6.15. The van der Waals surface area contributed by atoms with Crippen LogP contribution in [0.25, 0.3) is 0 Å². The molecule has 1 heterocycles. The molecule has 158 valence electrons. The molecule has 0 aromatic heterocycles. The Bertz CT molecular complexity index is 1020. The molecule has 1 saturated heterocycles. The molecular weight excluding hydrogens is 390 g/mol. The minimum Gasteiger partial charge on any atom is -0.491 e. The lowest BCUT2D eigenvalue weighted by Crippen LogP contribution is -2.25. The van der Waals surface area contributed by atoms with Crippen molar-refractivity contribution in [3.63, 3.8) is 0 Å². The summed E-state index contributed by atoms with van der Waals surface area (Å²) in [6.45, 7) is 1.73. The Kier molecular flexibility index (Phi) is 6.75. The number of carbonyl (C=O) groups excluding carboxylic acids is 2. The van der Waals surface area contributed by atoms with Crippen molar-refractivity contribution < 1.29 is 19.1 Å². The normalized spacial score (nSPS) is 15.4. The fourth-order valence-electron chi connectivity index (χ4n) is 3.57. The van der Waals surface area contributed by atoms with Gasteiger partial charge in [-0.05, 0) is 36.6 Å². The van der Waals surface area contributed by atoms with Crippen molar-refractivity contribution in [1.82, 2.24) is 5.32 Å². The number of benzene rings is 3. The maximum Gasteiger partial charge on any atom is 0.252 e. The molecule has 3 aromatic carbocycles. The van der Waals surface area contributed by atoms with E-state index in [1.54, 1.807) is 36.4 Å². The van der Waals surface area contributed by atoms with E-state index in [2.05, 4.69) is 5.32 Å². The Morgan fingerprint density at radius 3 is 2.32 bits per heavy atom. The van der Waals surface area contributed by atoms with Gasteiger partial charge in [-0.25, -0.2) is 0 Å². The molecular formula is C26H25NO4. The number of nitrogens with one attached hydrogen (secondary N) is 1. The molecule has 4 rings (SSSR count). The molecule has 0 radical (unpaired) electrons. The SMILES string of the molecule is O=C(NCc1ccc(OCC2CCCO2)cc1)c1ccccc1C(=O)c1ccccc1. The lowest BCUT2D eigenvalue weighted by atomic mass is 9.98. The first-order valence-corrected chi connectivity index (χ1v) is 10.5. The average molecular weight is 415 g/mol. The van der Waals surface area contributed by atoms with Gasteiger partial charge in [-0.1, -0.05) is 60.7 Å². The molecule has 0 bridgehead atoms. The summed E-state index contributed by atoms with van der Waals surface area (Å²) in [7, 11) is 0. The Morgan fingerprint density at radius 1 is 0.903 bits per heavy atom. The number of hydrogen-bond acceptors (Lipinski definition) is 4. The van der Waals surface area contributed by atoms with Crippen LogP contribution in [0, 0.1) is 0 Å². The topological polar surface area (TPSA) is 64.6 Å². The number of amides is 1. The molecule has 1 aliphatic heterocycles. The van der Waals surface area contributed by atoms with E-state index in [-0.39, 0.29) is 17.8 Å². The van der Waals surface area contributed by atoms with Crippen molar-refractivity contribution in [2.24, 2.45) is 0 Å². The standard InChI is InChI=1S/C26H25NO4/c28-25(20-7-2-1-3-8-20)23-10-4-5-11-24(23)26(29)27-17-19-12-14-21(15-13-19)31-18-22-9-6-16-30-22/h1-5,7-8,10-15,22H,6,9,16-18H2,(H,27,29). The van der Waals surface area contributed by atoms with Crippen LogP contribution < -0.4 is 10.1 Å². The van der Waals surface area contributed by atoms with Crippen molar-refractivity contribution in [2.75, 3.05) is 13.2 Å². The average Bonchev–Trinajstić information content (AvgIpc) is 3.36. The summed E-state index contributed by atoms with van der Waals surface area (Å²) in [5.41, 5.74) is 2.27. The van der Waals surface area contributed by atoms with Crippen LogP contribution in [0.15, 0.2) is 78.9 Å². The summed E-state index contributed by atoms with van der Waals surface area (Å²) in [5, 5.41) is 2.91. The fourth-order valence-corrected chi connectivity index (χ4v) is 3.57. The van der Waals surface area contributed by atoms with E-state index in [1.165, 1.54) is 0 Å². The molecule has 1 amide bonds. The lowest BCUT2D eigenvalue weighted by Gasteiger charge is -2.12. The second-order valence-electron chi connectivity index (χ2n) is 7.51. The lowest BCUT2D eigenvalue weighted by molar-refractivity contribution is 0.0679. The van der Waals surface area contributed by atoms with Crippen LogP contribution in [0.2, 0.25) is 0 Å². The summed E-state index contributed by atoms with van der Waals surface area (Å²) >= 11 is 0. The summed E-state index contributed by atoms with van der Waals surface area (Å²) in [6.07, 6.45) is 2.31. The predicted octanol–water partition coefficient (Wildman–Crippen LogP) is 4.41. The minimum absolute atomic E-state index is 0.168. The zero-order valence-electron chi connectivity index (χ0n) is 17.3. The molecule has 5 nitrogen and oxygen atoms in total. The predicted molar refractivity (Wildman–Crippen MR) is 118 cm³/mol. The maximum atomic E-state index is 12.8. The highest BCUT2D eigenvalue weighted by Gasteiger charge is 2.18. The molecule has 1 fully saturated rings. The Hall–Kier alpha value is -3.44. The van der Waals surface area contributed by atoms with Crippen molar-refractivity contribution in [2.45, 2.75) is 25.5 Å². The van der Waals surface area contributed by atoms with E-state index in [9.17, 15) is 9.59 Å². The van der Waals surface area contributed by atoms with Crippen molar-refractivity contribution in [1.29, 1.82) is 0 Å². The Morgan fingerprint density at radius 2 is 1.61 bits per heavy atom. The van der Waals surface area contributed by atoms with E-state index in [0.29, 0.717) is 29.8 Å². The van der Waals surface area contributed by atoms with Crippen molar-refractivity contribution in [3.8, 4) is 5.75 Å². The van der Waals surface area contributed by atoms with Crippen molar-refractivity contribution in [3.05, 3.63) is 101 Å². The first kappa shape index (κ1) is 20.8. The molecule has 1 unspecified atom stereocenters. The van der Waals surface area contributed by atoms with E-state index >= 15 is 0 Å². The zero-order valence-corrected chi connectivity index (χ0v) is 17.3. The number of carbonyl (C=O) groups is 2. The van der Waals surface area contributed by atoms with Crippen LogP contribution in [0.5, 0.6) is 5.75 Å². The first-order valence-electron chi connectivity index (χ1n) is 10.5. The van der Waals surface area contributed by atoms with E-state index in [0.717, 1.165) is 30.8 Å². The second-order valence-corrected chi connectivity index (χ2v) is 7.51. The third kappa shape index (κ3) is 5.38. The first-order chi connectivity index (χ1) is 15.2. The summed E-state index contributed by atoms with van der Waals surface area (Å²) in [5.74, 6) is 0.335. The van der Waals surface area contributed by atoms with Crippen LogP contribution in [0.4, 0.5) is 0 Å². The molecule has 0 saturated carbocycles. The van der Waals surface area contributed by atoms with E-state index in [4.69, 9.17) is 9.47 Å². The molecule has 1 atom stereocenters. The number of ketones is 1. The van der Waals surface area contributed by atoms with Gasteiger partial charge < -0.3 is 14.8 Å². The van der Waals surface area contributed by atoms with Crippen LogP contribution in [0.3, 0.4) is 0 Å². The Balaban J connectivity index is 1.36. The maximum absolute atomic E-state index is 12.8. The van der Waals surface area contributed by atoms with Gasteiger partial charge in [0, 0.05) is 24.3 Å². The molecule has 1 aliphatic rings. The third-order valence-corrected chi connectivity index (χ3v) is 5.29. The van der Waals surface area contributed by atoms with Gasteiger partial charge in [0.1, 0.15) is 12.4 Å². The van der Waals surface area contributed by atoms with Crippen LogP contribution in [-0.4, -0.2) is 31.0 Å². The Labute approximate surface area is 182 Å². The van der Waals surface area contributed by atoms with E-state index in [1.807, 2.05) is 42.5 Å². The van der Waals surface area contributed by atoms with Gasteiger partial charge in [0.05, 0.1) is 11.7 Å². The highest BCUT2D eigenvalue weighted by atomic mass is 16.5. The van der Waals surface area contributed by atoms with Gasteiger partial charge in [0.15, 0.2) is 5.78 Å². The number of ether oxygens (including phenoxy) is 2. The van der Waals surface area contributed by atoms with E-state index < -0.39 is 0 Å². The number of hydrogen-bond donors (Lipinski definition) is 1. The molecule has 1 N–H and O–H groups in total. The number of rotatable bonds is 8. The van der Waals surface area contributed by atoms with Crippen LogP contribution in [-0.2, 0) is 11.3 Å². The highest BCUT2D eigenvalue weighted by Crippen LogP contribution is 2.18. The minimum atomic E-state index is -0.279. The quantitative estimate of drug-likeness (QED) is 0.554. The molecule has 5 heteroatoms. The second kappa shape index (κ2) is 10.0. The zero-order chi connectivity index (χ0) is 21.5. The summed E-state index contributed by atoms with van der Waals surface area (Å²) in [4.78, 5) is 25.6. The largest absolute Gasteiger partial charge is 0.491 e. The van der Waals surface area contributed by atoms with Gasteiger partial charge in [-0.2, -0.15) is 0 Å². The van der Waals surface area contributed by atoms with Gasteiger partial charge in [-0.3, -0.25) is 9.59 Å². The van der Waals surface area contributed by atoms with Crippen LogP contribution >= 0.6 is 0 Å². The molecule has 3 aromatic rings. The van der Waals surface area contributed by atoms with Gasteiger partial charge in [0.2, 0.25) is 0 Å². The summed E-state index contributed by atoms with van der Waals surface area (Å²) < 4.78 is 11.3. The molecule has 0 aliphatic carbocycles. The van der Waals surface area contributed by atoms with Gasteiger partial charge in [-0.15, -0.1) is 0 Å². The van der Waals surface area contributed by atoms with Crippen molar-refractivity contribution >= 4 is 11.7 Å². The van der Waals surface area contributed by atoms with Gasteiger partial charge >= 0.3 is 0 Å². The molecule has 31 heavy (non-hydrogen) atoms. The summed E-state index contributed by atoms with van der Waals surface area (Å²) in [6, 6.07) is 23.5. The molecule has 0 spiro atoms. The third-order valence-electron chi connectivity index (χ3n) is 5.29. The van der Waals surface area contributed by atoms with Crippen LogP contribution in [0.1, 0.15) is 44.7 Å².